The number of fused-ring (bicyclic) bond motifs is 6. The Hall–Kier alpha value is -4.48. The fraction of sp³-hybridized carbons (Fsp3) is 0.0606. The van der Waals surface area contributed by atoms with Crippen molar-refractivity contribution in [3.63, 3.8) is 0 Å². The molecule has 0 unspecified atom stereocenters. The van der Waals surface area contributed by atoms with Gasteiger partial charge < -0.3 is 0 Å². The summed E-state index contributed by atoms with van der Waals surface area (Å²) in [5, 5.41) is 0. The molecule has 0 heterocycles. The molecule has 0 radical (unpaired) electrons. The molecule has 0 atom stereocenters. The summed E-state index contributed by atoms with van der Waals surface area (Å²) in [5.41, 5.74) is 8.11. The van der Waals surface area contributed by atoms with Crippen LogP contribution in [0.15, 0.2) is 84.9 Å². The van der Waals surface area contributed by atoms with Crippen molar-refractivity contribution in [1.29, 1.82) is 0 Å². The van der Waals surface area contributed by atoms with Gasteiger partial charge in [0.15, 0.2) is 0 Å². The summed E-state index contributed by atoms with van der Waals surface area (Å²) in [6.45, 7) is 0. The van der Waals surface area contributed by atoms with Crippen LogP contribution in [0.3, 0.4) is 0 Å². The van der Waals surface area contributed by atoms with Gasteiger partial charge in [-0.15, -0.1) is 0 Å². The van der Waals surface area contributed by atoms with Crippen LogP contribution in [-0.2, 0) is 44.7 Å². The minimum atomic E-state index is -5.86. The van der Waals surface area contributed by atoms with Crippen LogP contribution in [0, 0.1) is 24.7 Å². The Kier molecular flexibility index (Phi) is 5.37. The van der Waals surface area contributed by atoms with Crippen LogP contribution < -0.4 is 7.74 Å². The number of terminal acetylenes is 2. The third kappa shape index (κ3) is 3.36. The zero-order chi connectivity index (χ0) is 26.5. The van der Waals surface area contributed by atoms with E-state index in [-0.39, 0.29) is 0 Å². The molecule has 0 saturated carbocycles. The molecule has 4 aromatic rings. The van der Waals surface area contributed by atoms with Crippen molar-refractivity contribution in [1.82, 2.24) is 0 Å². The third-order valence-electron chi connectivity index (χ3n) is 7.64. The number of carbonyl (C=O) groups is 2. The molecule has 0 bridgehead atoms. The summed E-state index contributed by atoms with van der Waals surface area (Å²) in [4.78, 5) is 30.6. The van der Waals surface area contributed by atoms with Gasteiger partial charge in [0.05, 0.1) is 0 Å². The van der Waals surface area contributed by atoms with Gasteiger partial charge in [0.25, 0.3) is 0 Å². The predicted molar refractivity (Wildman–Crippen MR) is 146 cm³/mol. The molecule has 0 saturated heterocycles. The van der Waals surface area contributed by atoms with Gasteiger partial charge in [0, 0.05) is 0 Å². The van der Waals surface area contributed by atoms with Crippen molar-refractivity contribution in [2.24, 2.45) is 0 Å². The van der Waals surface area contributed by atoms with Crippen LogP contribution in [0.2, 0.25) is 0 Å². The van der Waals surface area contributed by atoms with Crippen LogP contribution >= 0.6 is 0 Å². The SMILES string of the molecule is C#CC(=O)[O][Ti](=[CH2])([O]C(=O)C#C)([c]1cccc2c1Cc1ccccc1-2)[c]1cccc2c1Cc1ccccc1-2. The van der Waals surface area contributed by atoms with Crippen LogP contribution in [0.25, 0.3) is 22.3 Å². The Morgan fingerprint density at radius 3 is 1.45 bits per heavy atom. The average Bonchev–Trinajstić information content (AvgIpc) is 3.51. The van der Waals surface area contributed by atoms with Crippen LogP contribution in [0.1, 0.15) is 22.3 Å². The summed E-state index contributed by atoms with van der Waals surface area (Å²) < 4.78 is 13.6. The van der Waals surface area contributed by atoms with Gasteiger partial charge >= 0.3 is 223 Å². The van der Waals surface area contributed by atoms with Crippen molar-refractivity contribution < 1.29 is 31.8 Å². The third-order valence-corrected chi connectivity index (χ3v) is 14.4. The molecule has 0 fully saturated rings. The monoisotopic (exact) mass is 530 g/mol. The second kappa shape index (κ2) is 8.54. The van der Waals surface area contributed by atoms with Crippen LogP contribution in [0.4, 0.5) is 0 Å². The number of hydrogen-bond donors (Lipinski definition) is 0. The Bertz CT molecular complexity index is 1710. The van der Waals surface area contributed by atoms with E-state index < -0.39 is 27.6 Å². The molecule has 5 heteroatoms. The van der Waals surface area contributed by atoms with E-state index >= 15 is 0 Å². The van der Waals surface area contributed by atoms with Gasteiger partial charge in [-0.3, -0.25) is 0 Å². The van der Waals surface area contributed by atoms with Gasteiger partial charge in [0.2, 0.25) is 0 Å². The van der Waals surface area contributed by atoms with Gasteiger partial charge in [0.1, 0.15) is 0 Å². The number of benzene rings is 4. The van der Waals surface area contributed by atoms with Gasteiger partial charge in [-0.1, -0.05) is 0 Å². The van der Waals surface area contributed by atoms with Crippen molar-refractivity contribution in [2.45, 2.75) is 12.8 Å². The maximum atomic E-state index is 13.0. The van der Waals surface area contributed by atoms with Crippen molar-refractivity contribution >= 4 is 24.5 Å². The molecule has 4 aromatic carbocycles. The molecule has 2 aliphatic rings. The number of carbonyl (C=O) groups excluding carboxylic acids is 2. The Morgan fingerprint density at radius 1 is 0.632 bits per heavy atom. The fourth-order valence-electron chi connectivity index (χ4n) is 6.10. The quantitative estimate of drug-likeness (QED) is 0.255. The van der Waals surface area contributed by atoms with Gasteiger partial charge in [-0.2, -0.15) is 0 Å². The number of rotatable bonds is 4. The van der Waals surface area contributed by atoms with E-state index in [0.717, 1.165) is 44.5 Å². The predicted octanol–water partition coefficient (Wildman–Crippen LogP) is 4.08. The molecule has 4 nitrogen and oxygen atoms in total. The summed E-state index contributed by atoms with van der Waals surface area (Å²) in [6.07, 6.45) is 12.2. The zero-order valence-corrected chi connectivity index (χ0v) is 22.1. The van der Waals surface area contributed by atoms with E-state index in [0.29, 0.717) is 20.6 Å². The standard InChI is InChI=1S/2C13H9.2C3H2O2.CH2.Ti/c2*1-3-7-12-10(5-1)9-11-6-2-4-8-13(11)12;2*1-2-3(4)5;;/h2*1-5,7-8H,9H2;2*1H,(H,4,5);1H2;/q;;;;;+2/p-2. The Morgan fingerprint density at radius 2 is 1.03 bits per heavy atom. The molecule has 0 amide bonds. The van der Waals surface area contributed by atoms with E-state index in [2.05, 4.69) is 16.9 Å². The average molecular weight is 530 g/mol. The summed E-state index contributed by atoms with van der Waals surface area (Å²) in [5.74, 6) is 2.19. The van der Waals surface area contributed by atoms with E-state index in [1.54, 1.807) is 0 Å². The second-order valence-corrected chi connectivity index (χ2v) is 15.9. The molecule has 0 spiro atoms. The van der Waals surface area contributed by atoms with Crippen LogP contribution in [0.5, 0.6) is 0 Å². The molecule has 182 valence electrons. The topological polar surface area (TPSA) is 52.6 Å². The first kappa shape index (κ1) is 23.9. The van der Waals surface area contributed by atoms with E-state index in [1.807, 2.05) is 84.6 Å². The van der Waals surface area contributed by atoms with E-state index in [1.165, 1.54) is 0 Å². The second-order valence-electron chi connectivity index (χ2n) is 9.66. The summed E-state index contributed by atoms with van der Waals surface area (Å²) in [7, 11) is 0. The first-order chi connectivity index (χ1) is 18.4. The van der Waals surface area contributed by atoms with Crippen LogP contribution in [-0.4, -0.2) is 16.8 Å². The summed E-state index contributed by atoms with van der Waals surface area (Å²) in [6, 6.07) is 27.6. The van der Waals surface area contributed by atoms with Crippen molar-refractivity contribution in [2.75, 3.05) is 0 Å². The molecule has 6 rings (SSSR count). The molecule has 38 heavy (non-hydrogen) atoms. The van der Waals surface area contributed by atoms with E-state index in [4.69, 9.17) is 19.5 Å². The molecule has 0 aliphatic heterocycles. The van der Waals surface area contributed by atoms with Crippen molar-refractivity contribution in [3.05, 3.63) is 107 Å². The molecule has 2 aliphatic carbocycles. The summed E-state index contributed by atoms with van der Waals surface area (Å²) >= 11 is -5.86. The Labute approximate surface area is 222 Å². The Balaban J connectivity index is 1.72. The first-order valence-electron chi connectivity index (χ1n) is 12.2. The minimum absolute atomic E-state index is 0.562. The van der Waals surface area contributed by atoms with Gasteiger partial charge in [-0.25, -0.2) is 0 Å². The number of hydrogen-bond acceptors (Lipinski definition) is 4. The fourth-order valence-corrected chi connectivity index (χ4v) is 12.7. The molecular formula is C33H22O4Ti. The molecule has 0 aromatic heterocycles. The molecular weight excluding hydrogens is 508 g/mol. The molecule has 0 N–H and O–H groups in total. The van der Waals surface area contributed by atoms with E-state index in [9.17, 15) is 9.59 Å². The zero-order valence-electron chi connectivity index (χ0n) is 20.5. The van der Waals surface area contributed by atoms with Crippen molar-refractivity contribution in [3.8, 4) is 46.9 Å². The normalized spacial score (nSPS) is 12.7. The first-order valence-corrected chi connectivity index (χ1v) is 16.2. The maximum absolute atomic E-state index is 13.0. The van der Waals surface area contributed by atoms with Gasteiger partial charge in [-0.05, 0) is 0 Å².